The molecule has 0 saturated carbocycles. The highest BCUT2D eigenvalue weighted by Gasteiger charge is 2.36. The van der Waals surface area contributed by atoms with Crippen LogP contribution < -0.4 is 0 Å². The molecule has 0 aliphatic carbocycles. The number of rotatable bonds is 5. The Hall–Kier alpha value is -2.14. The van der Waals surface area contributed by atoms with Crippen LogP contribution in [0.4, 0.5) is 0 Å². The van der Waals surface area contributed by atoms with Crippen molar-refractivity contribution in [3.05, 3.63) is 54.1 Å². The van der Waals surface area contributed by atoms with Crippen LogP contribution in [0.3, 0.4) is 0 Å². The van der Waals surface area contributed by atoms with Crippen molar-refractivity contribution >= 4 is 5.91 Å². The fraction of sp³-hybridized carbons (Fsp3) is 0.474. The van der Waals surface area contributed by atoms with E-state index in [9.17, 15) is 4.79 Å². The van der Waals surface area contributed by atoms with E-state index in [2.05, 4.69) is 30.9 Å². The first-order valence-electron chi connectivity index (χ1n) is 8.60. The van der Waals surface area contributed by atoms with Crippen LogP contribution in [0.25, 0.3) is 0 Å². The van der Waals surface area contributed by atoms with E-state index in [1.54, 1.807) is 6.20 Å². The Kier molecular flexibility index (Phi) is 5.00. The van der Waals surface area contributed by atoms with Gasteiger partial charge in [-0.3, -0.25) is 9.78 Å². The summed E-state index contributed by atoms with van der Waals surface area (Å²) in [5, 5.41) is 0. The molecule has 128 valence electrons. The Morgan fingerprint density at radius 2 is 2.12 bits per heavy atom. The van der Waals surface area contributed by atoms with Crippen LogP contribution in [0.1, 0.15) is 29.4 Å². The minimum Gasteiger partial charge on any atom is -0.339 e. The number of carbonyl (C=O) groups excluding carboxylic acids is 1. The summed E-state index contributed by atoms with van der Waals surface area (Å²) in [6.45, 7) is 4.53. The van der Waals surface area contributed by atoms with Gasteiger partial charge in [-0.25, -0.2) is 0 Å². The second-order valence-electron chi connectivity index (χ2n) is 6.79. The number of nitrogens with zero attached hydrogens (tertiary/aromatic N) is 4. The molecule has 0 unspecified atom stereocenters. The first-order chi connectivity index (χ1) is 11.6. The molecule has 1 aliphatic heterocycles. The summed E-state index contributed by atoms with van der Waals surface area (Å²) >= 11 is 0. The van der Waals surface area contributed by atoms with Crippen molar-refractivity contribution in [2.45, 2.75) is 25.9 Å². The first kappa shape index (κ1) is 16.7. The molecule has 3 heterocycles. The van der Waals surface area contributed by atoms with Crippen LogP contribution in [0.2, 0.25) is 0 Å². The van der Waals surface area contributed by atoms with Gasteiger partial charge in [0.1, 0.15) is 5.69 Å². The third kappa shape index (κ3) is 3.36. The number of likely N-dealkylation sites (N-methyl/N-ethyl adjacent to an activating group) is 1. The average Bonchev–Trinajstić information content (AvgIpc) is 3.21. The first-order valence-corrected chi connectivity index (χ1v) is 8.60. The van der Waals surface area contributed by atoms with Gasteiger partial charge in [0.25, 0.3) is 5.91 Å². The zero-order chi connectivity index (χ0) is 17.1. The summed E-state index contributed by atoms with van der Waals surface area (Å²) in [5.41, 5.74) is 1.86. The fourth-order valence-electron chi connectivity index (χ4n) is 3.60. The molecule has 24 heavy (non-hydrogen) atoms. The summed E-state index contributed by atoms with van der Waals surface area (Å²) in [7, 11) is 4.21. The van der Waals surface area contributed by atoms with E-state index >= 15 is 0 Å². The third-order valence-corrected chi connectivity index (χ3v) is 5.01. The molecular formula is C19H26N4O. The van der Waals surface area contributed by atoms with Crippen LogP contribution in [-0.2, 0) is 6.54 Å². The highest BCUT2D eigenvalue weighted by atomic mass is 16.2. The second-order valence-corrected chi connectivity index (χ2v) is 6.79. The van der Waals surface area contributed by atoms with E-state index in [4.69, 9.17) is 0 Å². The highest BCUT2D eigenvalue weighted by Crippen LogP contribution is 2.25. The Labute approximate surface area is 143 Å². The lowest BCUT2D eigenvalue weighted by atomic mass is 10.0. The lowest BCUT2D eigenvalue weighted by Crippen LogP contribution is -2.36. The average molecular weight is 326 g/mol. The molecule has 0 N–H and O–H groups in total. The van der Waals surface area contributed by atoms with Crippen molar-refractivity contribution in [2.75, 3.05) is 27.2 Å². The van der Waals surface area contributed by atoms with Crippen molar-refractivity contribution in [1.29, 1.82) is 0 Å². The highest BCUT2D eigenvalue weighted by molar-refractivity contribution is 5.93. The molecule has 2 aromatic rings. The van der Waals surface area contributed by atoms with Gasteiger partial charge in [0, 0.05) is 44.3 Å². The van der Waals surface area contributed by atoms with Gasteiger partial charge in [0.15, 0.2) is 0 Å². The van der Waals surface area contributed by atoms with Gasteiger partial charge in [-0.15, -0.1) is 0 Å². The second kappa shape index (κ2) is 7.18. The number of pyridine rings is 1. The van der Waals surface area contributed by atoms with E-state index in [1.807, 2.05) is 46.1 Å². The van der Waals surface area contributed by atoms with Gasteiger partial charge >= 0.3 is 0 Å². The topological polar surface area (TPSA) is 41.4 Å². The van der Waals surface area contributed by atoms with Gasteiger partial charge in [0.05, 0.1) is 0 Å². The van der Waals surface area contributed by atoms with Crippen molar-refractivity contribution < 1.29 is 4.79 Å². The number of likely N-dealkylation sites (tertiary alicyclic amines) is 1. The molecule has 0 radical (unpaired) electrons. The zero-order valence-electron chi connectivity index (χ0n) is 14.7. The van der Waals surface area contributed by atoms with Gasteiger partial charge in [-0.2, -0.15) is 0 Å². The van der Waals surface area contributed by atoms with Crippen molar-refractivity contribution in [3.63, 3.8) is 0 Å². The summed E-state index contributed by atoms with van der Waals surface area (Å²) in [5.74, 6) is 0.678. The molecular weight excluding hydrogens is 300 g/mol. The molecule has 2 atom stereocenters. The number of hydrogen-bond acceptors (Lipinski definition) is 3. The van der Waals surface area contributed by atoms with Gasteiger partial charge < -0.3 is 14.4 Å². The molecule has 0 bridgehead atoms. The summed E-state index contributed by atoms with van der Waals surface area (Å²) in [4.78, 5) is 21.4. The maximum absolute atomic E-state index is 13.0. The molecule has 1 amide bonds. The lowest BCUT2D eigenvalue weighted by molar-refractivity contribution is 0.0770. The number of amides is 1. The maximum Gasteiger partial charge on any atom is 0.270 e. The fourth-order valence-corrected chi connectivity index (χ4v) is 3.60. The normalized spacial score (nSPS) is 20.8. The minimum absolute atomic E-state index is 0.131. The maximum atomic E-state index is 13.0. The van der Waals surface area contributed by atoms with Crippen molar-refractivity contribution in [1.82, 2.24) is 19.4 Å². The largest absolute Gasteiger partial charge is 0.339 e. The summed E-state index contributed by atoms with van der Waals surface area (Å²) in [6.07, 6.45) is 6.68. The Morgan fingerprint density at radius 1 is 1.29 bits per heavy atom. The Bertz CT molecular complexity index is 680. The van der Waals surface area contributed by atoms with Crippen LogP contribution in [0.15, 0.2) is 42.9 Å². The van der Waals surface area contributed by atoms with E-state index in [0.29, 0.717) is 18.5 Å². The molecule has 2 aromatic heterocycles. The lowest BCUT2D eigenvalue weighted by Gasteiger charge is -2.23. The van der Waals surface area contributed by atoms with E-state index in [1.165, 1.54) is 0 Å². The molecule has 5 heteroatoms. The third-order valence-electron chi connectivity index (χ3n) is 5.01. The molecule has 0 aromatic carbocycles. The van der Waals surface area contributed by atoms with Crippen molar-refractivity contribution in [3.8, 4) is 0 Å². The van der Waals surface area contributed by atoms with E-state index < -0.39 is 0 Å². The molecule has 5 nitrogen and oxygen atoms in total. The van der Waals surface area contributed by atoms with Gasteiger partial charge in [-0.1, -0.05) is 19.4 Å². The molecule has 1 aliphatic rings. The molecule has 1 fully saturated rings. The minimum atomic E-state index is 0.131. The van der Waals surface area contributed by atoms with E-state index in [0.717, 1.165) is 30.8 Å². The Morgan fingerprint density at radius 3 is 2.75 bits per heavy atom. The van der Waals surface area contributed by atoms with Gasteiger partial charge in [0.2, 0.25) is 0 Å². The molecule has 1 saturated heterocycles. The number of aromatic nitrogens is 2. The smallest absolute Gasteiger partial charge is 0.270 e. The predicted molar refractivity (Wildman–Crippen MR) is 94.9 cm³/mol. The molecule has 3 rings (SSSR count). The summed E-state index contributed by atoms with van der Waals surface area (Å²) in [6, 6.07) is 8.27. The van der Waals surface area contributed by atoms with Crippen LogP contribution in [-0.4, -0.2) is 58.5 Å². The van der Waals surface area contributed by atoms with Crippen LogP contribution in [0, 0.1) is 5.92 Å². The quantitative estimate of drug-likeness (QED) is 0.847. The monoisotopic (exact) mass is 326 g/mol. The molecule has 0 spiro atoms. The van der Waals surface area contributed by atoms with Crippen LogP contribution >= 0.6 is 0 Å². The Balaban J connectivity index is 1.76. The van der Waals surface area contributed by atoms with E-state index in [-0.39, 0.29) is 5.91 Å². The standard InChI is InChI=1S/C19H26N4O/c1-4-16-13-23(14-18(16)21(2)3)19(24)17-8-6-10-22(17)12-15-7-5-9-20-11-15/h5-11,16,18H,4,12-14H2,1-3H3/t16-,18+/m1/s1. The number of hydrogen-bond donors (Lipinski definition) is 0. The predicted octanol–water partition coefficient (Wildman–Crippen LogP) is 2.34. The zero-order valence-corrected chi connectivity index (χ0v) is 14.7. The van der Waals surface area contributed by atoms with Crippen molar-refractivity contribution in [2.24, 2.45) is 5.92 Å². The summed E-state index contributed by atoms with van der Waals surface area (Å²) < 4.78 is 2.02. The number of carbonyl (C=O) groups is 1. The van der Waals surface area contributed by atoms with Gasteiger partial charge in [-0.05, 0) is 43.8 Å². The van der Waals surface area contributed by atoms with Crippen LogP contribution in [0.5, 0.6) is 0 Å². The SMILES string of the molecule is CC[C@@H]1CN(C(=O)c2cccn2Cc2cccnc2)C[C@@H]1N(C)C.